The lowest BCUT2D eigenvalue weighted by Crippen LogP contribution is -2.42. The van der Waals surface area contributed by atoms with E-state index in [1.54, 1.807) is 0 Å². The highest BCUT2D eigenvalue weighted by molar-refractivity contribution is 5.52. The number of benzene rings is 1. The zero-order valence-corrected chi connectivity index (χ0v) is 9.09. The van der Waals surface area contributed by atoms with Gasteiger partial charge in [0.1, 0.15) is 0 Å². The van der Waals surface area contributed by atoms with Gasteiger partial charge in [0, 0.05) is 24.8 Å². The van der Waals surface area contributed by atoms with E-state index in [0.717, 1.165) is 31.7 Å². The number of nitrogens with zero attached hydrogens (tertiary/aromatic N) is 1. The Labute approximate surface area is 90.3 Å². The number of nitrogens with one attached hydrogen (secondary N) is 1. The highest BCUT2D eigenvalue weighted by atomic mass is 15.1. The van der Waals surface area contributed by atoms with Crippen LogP contribution in [0.15, 0.2) is 12.1 Å². The number of hydrogen-bond acceptors (Lipinski definition) is 3. The van der Waals surface area contributed by atoms with Crippen LogP contribution in [0.4, 0.5) is 5.69 Å². The third kappa shape index (κ3) is 1.43. The first-order valence-corrected chi connectivity index (χ1v) is 5.57. The van der Waals surface area contributed by atoms with Gasteiger partial charge in [-0.25, -0.2) is 0 Å². The first kappa shape index (κ1) is 9.19. The molecule has 3 rings (SSSR count). The summed E-state index contributed by atoms with van der Waals surface area (Å²) < 4.78 is 0. The average Bonchev–Trinajstić information content (AvgIpc) is 2.16. The number of hydrogen-bond donors (Lipinski definition) is 2. The van der Waals surface area contributed by atoms with Gasteiger partial charge in [0.2, 0.25) is 0 Å². The molecule has 3 heteroatoms. The Morgan fingerprint density at radius 2 is 2.20 bits per heavy atom. The molecule has 2 heterocycles. The largest absolute Gasteiger partial charge is 0.399 e. The third-order valence-electron chi connectivity index (χ3n) is 3.44. The van der Waals surface area contributed by atoms with Crippen molar-refractivity contribution in [3.05, 3.63) is 28.8 Å². The quantitative estimate of drug-likeness (QED) is 0.616. The van der Waals surface area contributed by atoms with Crippen molar-refractivity contribution in [3.8, 4) is 0 Å². The summed E-state index contributed by atoms with van der Waals surface area (Å²) in [6, 6.07) is 4.80. The molecule has 0 saturated carbocycles. The number of nitrogens with two attached hydrogens (primary N) is 1. The topological polar surface area (TPSA) is 41.3 Å². The fourth-order valence-electron chi connectivity index (χ4n) is 2.90. The third-order valence-corrected chi connectivity index (χ3v) is 3.44. The molecule has 0 aromatic heterocycles. The maximum absolute atomic E-state index is 5.93. The molecule has 0 radical (unpaired) electrons. The van der Waals surface area contributed by atoms with E-state index in [0.29, 0.717) is 6.04 Å². The van der Waals surface area contributed by atoms with Crippen LogP contribution in [-0.4, -0.2) is 25.0 Å². The van der Waals surface area contributed by atoms with Crippen LogP contribution < -0.4 is 11.1 Å². The van der Waals surface area contributed by atoms with E-state index < -0.39 is 0 Å². The predicted molar refractivity (Wildman–Crippen MR) is 61.6 cm³/mol. The first-order valence-electron chi connectivity index (χ1n) is 5.57. The summed E-state index contributed by atoms with van der Waals surface area (Å²) in [5.41, 5.74) is 11.2. The van der Waals surface area contributed by atoms with Crippen molar-refractivity contribution in [2.75, 3.05) is 25.9 Å². The summed E-state index contributed by atoms with van der Waals surface area (Å²) in [4.78, 5) is 2.36. The van der Waals surface area contributed by atoms with Gasteiger partial charge in [-0.2, -0.15) is 0 Å². The van der Waals surface area contributed by atoms with Crippen LogP contribution in [0.2, 0.25) is 0 Å². The number of anilines is 1. The monoisotopic (exact) mass is 203 g/mol. The van der Waals surface area contributed by atoms with Gasteiger partial charge in [-0.05, 0) is 48.8 Å². The van der Waals surface area contributed by atoms with Crippen molar-refractivity contribution in [3.63, 3.8) is 0 Å². The molecule has 80 valence electrons. The van der Waals surface area contributed by atoms with Gasteiger partial charge in [-0.15, -0.1) is 0 Å². The summed E-state index contributed by atoms with van der Waals surface area (Å²) >= 11 is 0. The SMILES string of the molecule is CN1Cc2cc(N)cc3c2C(C1)NCC3. The van der Waals surface area contributed by atoms with Gasteiger partial charge >= 0.3 is 0 Å². The molecular weight excluding hydrogens is 186 g/mol. The van der Waals surface area contributed by atoms with Gasteiger partial charge in [-0.3, -0.25) is 0 Å². The summed E-state index contributed by atoms with van der Waals surface area (Å²) in [6.07, 6.45) is 1.12. The Balaban J connectivity index is 2.16. The molecule has 0 saturated heterocycles. The van der Waals surface area contributed by atoms with Crippen LogP contribution in [0.3, 0.4) is 0 Å². The second kappa shape index (κ2) is 3.22. The van der Waals surface area contributed by atoms with Crippen molar-refractivity contribution in [1.82, 2.24) is 10.2 Å². The van der Waals surface area contributed by atoms with Crippen molar-refractivity contribution in [1.29, 1.82) is 0 Å². The van der Waals surface area contributed by atoms with Crippen molar-refractivity contribution < 1.29 is 0 Å². The smallest absolute Gasteiger partial charge is 0.0455 e. The molecule has 2 aliphatic rings. The van der Waals surface area contributed by atoms with Crippen molar-refractivity contribution >= 4 is 5.69 Å². The highest BCUT2D eigenvalue weighted by Gasteiger charge is 2.28. The number of rotatable bonds is 0. The minimum Gasteiger partial charge on any atom is -0.399 e. The Bertz CT molecular complexity index is 400. The van der Waals surface area contributed by atoms with E-state index >= 15 is 0 Å². The van der Waals surface area contributed by atoms with Crippen LogP contribution in [-0.2, 0) is 13.0 Å². The Morgan fingerprint density at radius 3 is 3.07 bits per heavy atom. The Morgan fingerprint density at radius 1 is 1.40 bits per heavy atom. The highest BCUT2D eigenvalue weighted by Crippen LogP contribution is 2.33. The second-order valence-electron chi connectivity index (χ2n) is 4.71. The van der Waals surface area contributed by atoms with Gasteiger partial charge in [0.25, 0.3) is 0 Å². The van der Waals surface area contributed by atoms with Crippen LogP contribution in [0, 0.1) is 0 Å². The maximum atomic E-state index is 5.93. The zero-order chi connectivity index (χ0) is 10.4. The standard InChI is InChI=1S/C12H17N3/c1-15-6-9-5-10(13)4-8-2-3-14-11(7-15)12(8)9/h4-5,11,14H,2-3,6-7,13H2,1H3. The van der Waals surface area contributed by atoms with Crippen LogP contribution in [0.1, 0.15) is 22.7 Å². The molecule has 1 atom stereocenters. The minimum atomic E-state index is 0.517. The second-order valence-corrected chi connectivity index (χ2v) is 4.71. The molecule has 0 amide bonds. The van der Waals surface area contributed by atoms with E-state index in [-0.39, 0.29) is 0 Å². The molecule has 0 aliphatic carbocycles. The van der Waals surface area contributed by atoms with Gasteiger partial charge < -0.3 is 16.0 Å². The van der Waals surface area contributed by atoms with E-state index in [1.807, 2.05) is 0 Å². The van der Waals surface area contributed by atoms with Crippen LogP contribution in [0.5, 0.6) is 0 Å². The lowest BCUT2D eigenvalue weighted by molar-refractivity contribution is 0.254. The van der Waals surface area contributed by atoms with E-state index in [4.69, 9.17) is 5.73 Å². The van der Waals surface area contributed by atoms with Gasteiger partial charge in [0.15, 0.2) is 0 Å². The first-order chi connectivity index (χ1) is 7.24. The Hall–Kier alpha value is -1.06. The molecule has 1 unspecified atom stereocenters. The van der Waals surface area contributed by atoms with Crippen molar-refractivity contribution in [2.45, 2.75) is 19.0 Å². The molecule has 2 aliphatic heterocycles. The summed E-state index contributed by atoms with van der Waals surface area (Å²) in [7, 11) is 2.17. The number of nitrogen functional groups attached to an aromatic ring is 1. The predicted octanol–water partition coefficient (Wildman–Crippen LogP) is 0.901. The summed E-state index contributed by atoms with van der Waals surface area (Å²) in [5.74, 6) is 0. The Kier molecular flexibility index (Phi) is 1.97. The van der Waals surface area contributed by atoms with E-state index in [2.05, 4.69) is 29.4 Å². The molecule has 0 spiro atoms. The van der Waals surface area contributed by atoms with E-state index in [1.165, 1.54) is 16.7 Å². The average molecular weight is 203 g/mol. The molecule has 1 aromatic carbocycles. The normalized spacial score (nSPS) is 25.0. The zero-order valence-electron chi connectivity index (χ0n) is 9.09. The lowest BCUT2D eigenvalue weighted by atomic mass is 9.86. The number of likely N-dealkylation sites (N-methyl/N-ethyl adjacent to an activating group) is 1. The minimum absolute atomic E-state index is 0.517. The molecule has 1 aromatic rings. The molecule has 0 bridgehead atoms. The van der Waals surface area contributed by atoms with Crippen molar-refractivity contribution in [2.24, 2.45) is 0 Å². The molecule has 3 N–H and O–H groups in total. The maximum Gasteiger partial charge on any atom is 0.0455 e. The fourth-order valence-corrected chi connectivity index (χ4v) is 2.90. The molecule has 15 heavy (non-hydrogen) atoms. The molecule has 0 fully saturated rings. The van der Waals surface area contributed by atoms with Crippen LogP contribution in [0.25, 0.3) is 0 Å². The van der Waals surface area contributed by atoms with E-state index in [9.17, 15) is 0 Å². The van der Waals surface area contributed by atoms with Gasteiger partial charge in [-0.1, -0.05) is 0 Å². The summed E-state index contributed by atoms with van der Waals surface area (Å²) in [6.45, 7) is 3.23. The molecule has 3 nitrogen and oxygen atoms in total. The lowest BCUT2D eigenvalue weighted by Gasteiger charge is -2.37. The van der Waals surface area contributed by atoms with Gasteiger partial charge in [0.05, 0.1) is 0 Å². The summed E-state index contributed by atoms with van der Waals surface area (Å²) in [5, 5.41) is 3.58. The fraction of sp³-hybridized carbons (Fsp3) is 0.500. The molecular formula is C12H17N3. The van der Waals surface area contributed by atoms with Crippen LogP contribution >= 0.6 is 0 Å².